The number of rotatable bonds is 6. The predicted octanol–water partition coefficient (Wildman–Crippen LogP) is 2.49. The van der Waals surface area contributed by atoms with Crippen molar-refractivity contribution < 1.29 is 0 Å². The highest BCUT2D eigenvalue weighted by atomic mass is 32.1. The number of hydrogen-bond acceptors (Lipinski definition) is 4. The predicted molar refractivity (Wildman–Crippen MR) is 77.6 cm³/mol. The van der Waals surface area contributed by atoms with Crippen molar-refractivity contribution in [3.05, 3.63) is 18.0 Å². The number of nitrogens with two attached hydrogens (primary N) is 1. The molecule has 0 unspecified atom stereocenters. The first-order valence-electron chi connectivity index (χ1n) is 6.62. The molecule has 0 saturated heterocycles. The maximum atomic E-state index is 5.53. The third-order valence-corrected chi connectivity index (χ3v) is 3.66. The van der Waals surface area contributed by atoms with Crippen LogP contribution >= 0.6 is 12.2 Å². The molecule has 1 aliphatic rings. The Morgan fingerprint density at radius 3 is 2.94 bits per heavy atom. The van der Waals surface area contributed by atoms with E-state index in [2.05, 4.69) is 15.3 Å². The molecule has 0 bridgehead atoms. The maximum absolute atomic E-state index is 5.53. The van der Waals surface area contributed by atoms with Crippen molar-refractivity contribution in [2.45, 2.75) is 38.5 Å². The smallest absolute Gasteiger partial charge is 0.223 e. The lowest BCUT2D eigenvalue weighted by molar-refractivity contribution is 0.491. The standard InChI is InChI=1S/C13H20N4S/c14-12(18)11-7-9-16-13(17-11)15-8-3-6-10-4-1-2-5-10/h7,9-10H,1-6,8H2,(H2,14,18)(H,15,16,17). The molecule has 0 atom stereocenters. The summed E-state index contributed by atoms with van der Waals surface area (Å²) in [5.74, 6) is 1.56. The molecule has 18 heavy (non-hydrogen) atoms. The molecular weight excluding hydrogens is 244 g/mol. The molecule has 0 aromatic carbocycles. The van der Waals surface area contributed by atoms with E-state index >= 15 is 0 Å². The summed E-state index contributed by atoms with van der Waals surface area (Å²) < 4.78 is 0. The number of anilines is 1. The number of aromatic nitrogens is 2. The lowest BCUT2D eigenvalue weighted by Gasteiger charge is -2.09. The van der Waals surface area contributed by atoms with Gasteiger partial charge in [-0.15, -0.1) is 0 Å². The largest absolute Gasteiger partial charge is 0.388 e. The Morgan fingerprint density at radius 1 is 1.44 bits per heavy atom. The molecule has 3 N–H and O–H groups in total. The van der Waals surface area contributed by atoms with E-state index in [1.807, 2.05) is 0 Å². The summed E-state index contributed by atoms with van der Waals surface area (Å²) in [7, 11) is 0. The van der Waals surface area contributed by atoms with E-state index in [4.69, 9.17) is 18.0 Å². The lowest BCUT2D eigenvalue weighted by Crippen LogP contribution is -2.14. The van der Waals surface area contributed by atoms with Gasteiger partial charge < -0.3 is 11.1 Å². The van der Waals surface area contributed by atoms with E-state index in [1.165, 1.54) is 38.5 Å². The lowest BCUT2D eigenvalue weighted by atomic mass is 10.0. The van der Waals surface area contributed by atoms with E-state index in [9.17, 15) is 0 Å². The highest BCUT2D eigenvalue weighted by Crippen LogP contribution is 2.28. The van der Waals surface area contributed by atoms with Gasteiger partial charge in [0.05, 0.1) is 0 Å². The summed E-state index contributed by atoms with van der Waals surface area (Å²) in [6.45, 7) is 0.914. The summed E-state index contributed by atoms with van der Waals surface area (Å²) in [5, 5.41) is 3.23. The molecule has 0 spiro atoms. The zero-order valence-electron chi connectivity index (χ0n) is 10.6. The molecule has 1 aromatic rings. The van der Waals surface area contributed by atoms with Crippen molar-refractivity contribution in [2.24, 2.45) is 11.7 Å². The van der Waals surface area contributed by atoms with E-state index in [1.54, 1.807) is 12.3 Å². The Morgan fingerprint density at radius 2 is 2.22 bits per heavy atom. The van der Waals surface area contributed by atoms with Crippen LogP contribution in [-0.4, -0.2) is 21.5 Å². The molecule has 98 valence electrons. The van der Waals surface area contributed by atoms with Crippen molar-refractivity contribution in [1.29, 1.82) is 0 Å². The van der Waals surface area contributed by atoms with Crippen LogP contribution in [0.2, 0.25) is 0 Å². The summed E-state index contributed by atoms with van der Waals surface area (Å²) in [6.07, 6.45) is 9.81. The third kappa shape index (κ3) is 3.91. The summed E-state index contributed by atoms with van der Waals surface area (Å²) in [5.41, 5.74) is 6.16. The Labute approximate surface area is 113 Å². The number of thiocarbonyl (C=S) groups is 1. The molecular formula is C13H20N4S. The van der Waals surface area contributed by atoms with Gasteiger partial charge in [-0.25, -0.2) is 9.97 Å². The van der Waals surface area contributed by atoms with Crippen molar-refractivity contribution in [3.63, 3.8) is 0 Å². The SMILES string of the molecule is NC(=S)c1ccnc(NCCCC2CCCC2)n1. The van der Waals surface area contributed by atoms with Crippen molar-refractivity contribution >= 4 is 23.2 Å². The Kier molecular flexibility index (Phi) is 4.87. The molecule has 5 heteroatoms. The average molecular weight is 264 g/mol. The van der Waals surface area contributed by atoms with Gasteiger partial charge in [0.1, 0.15) is 10.7 Å². The van der Waals surface area contributed by atoms with Crippen LogP contribution in [0, 0.1) is 5.92 Å². The van der Waals surface area contributed by atoms with Gasteiger partial charge in [-0.2, -0.15) is 0 Å². The second-order valence-corrected chi connectivity index (χ2v) is 5.29. The van der Waals surface area contributed by atoms with Crippen LogP contribution < -0.4 is 11.1 Å². The van der Waals surface area contributed by atoms with E-state index < -0.39 is 0 Å². The van der Waals surface area contributed by atoms with Crippen LogP contribution in [0.4, 0.5) is 5.95 Å². The van der Waals surface area contributed by atoms with Gasteiger partial charge in [-0.1, -0.05) is 37.9 Å². The van der Waals surface area contributed by atoms with Crippen LogP contribution in [0.5, 0.6) is 0 Å². The van der Waals surface area contributed by atoms with Crippen LogP contribution in [0.1, 0.15) is 44.2 Å². The number of nitrogens with one attached hydrogen (secondary N) is 1. The van der Waals surface area contributed by atoms with E-state index in [0.29, 0.717) is 16.6 Å². The van der Waals surface area contributed by atoms with Gasteiger partial charge in [-0.05, 0) is 24.8 Å². The van der Waals surface area contributed by atoms with Gasteiger partial charge in [0.25, 0.3) is 0 Å². The summed E-state index contributed by atoms with van der Waals surface area (Å²) in [4.78, 5) is 8.72. The Balaban J connectivity index is 1.72. The third-order valence-electron chi connectivity index (χ3n) is 3.46. The van der Waals surface area contributed by atoms with Crippen LogP contribution in [-0.2, 0) is 0 Å². The molecule has 1 heterocycles. The highest BCUT2D eigenvalue weighted by Gasteiger charge is 2.13. The normalized spacial score (nSPS) is 15.8. The van der Waals surface area contributed by atoms with Gasteiger partial charge in [0, 0.05) is 12.7 Å². The topological polar surface area (TPSA) is 63.8 Å². The Bertz CT molecular complexity index is 402. The number of nitrogens with zero attached hydrogens (tertiary/aromatic N) is 2. The quantitative estimate of drug-likeness (QED) is 0.610. The molecule has 0 amide bonds. The fraction of sp³-hybridized carbons (Fsp3) is 0.615. The van der Waals surface area contributed by atoms with Crippen LogP contribution in [0.25, 0.3) is 0 Å². The van der Waals surface area contributed by atoms with E-state index in [0.717, 1.165) is 12.5 Å². The minimum absolute atomic E-state index is 0.311. The molecule has 2 rings (SSSR count). The van der Waals surface area contributed by atoms with Crippen LogP contribution in [0.3, 0.4) is 0 Å². The first kappa shape index (κ1) is 13.2. The fourth-order valence-corrected chi connectivity index (χ4v) is 2.58. The first-order chi connectivity index (χ1) is 8.75. The zero-order valence-corrected chi connectivity index (χ0v) is 11.4. The van der Waals surface area contributed by atoms with E-state index in [-0.39, 0.29) is 0 Å². The molecule has 1 saturated carbocycles. The molecule has 4 nitrogen and oxygen atoms in total. The fourth-order valence-electron chi connectivity index (χ4n) is 2.47. The number of hydrogen-bond donors (Lipinski definition) is 2. The molecule has 0 radical (unpaired) electrons. The van der Waals surface area contributed by atoms with Crippen molar-refractivity contribution in [2.75, 3.05) is 11.9 Å². The van der Waals surface area contributed by atoms with Gasteiger partial charge in [0.2, 0.25) is 5.95 Å². The molecule has 1 aromatic heterocycles. The molecule has 1 aliphatic carbocycles. The Hall–Kier alpha value is -1.23. The molecule has 0 aliphatic heterocycles. The minimum Gasteiger partial charge on any atom is -0.388 e. The minimum atomic E-state index is 0.311. The van der Waals surface area contributed by atoms with Crippen molar-refractivity contribution in [3.8, 4) is 0 Å². The van der Waals surface area contributed by atoms with Crippen LogP contribution in [0.15, 0.2) is 12.3 Å². The monoisotopic (exact) mass is 264 g/mol. The highest BCUT2D eigenvalue weighted by molar-refractivity contribution is 7.80. The second kappa shape index (κ2) is 6.64. The summed E-state index contributed by atoms with van der Waals surface area (Å²) >= 11 is 4.89. The van der Waals surface area contributed by atoms with Gasteiger partial charge in [0.15, 0.2) is 0 Å². The average Bonchev–Trinajstić information content (AvgIpc) is 2.88. The van der Waals surface area contributed by atoms with Gasteiger partial charge in [-0.3, -0.25) is 0 Å². The van der Waals surface area contributed by atoms with Crippen molar-refractivity contribution in [1.82, 2.24) is 9.97 Å². The van der Waals surface area contributed by atoms with Gasteiger partial charge >= 0.3 is 0 Å². The molecule has 1 fully saturated rings. The zero-order chi connectivity index (χ0) is 12.8. The second-order valence-electron chi connectivity index (χ2n) is 4.85. The first-order valence-corrected chi connectivity index (χ1v) is 7.03. The summed E-state index contributed by atoms with van der Waals surface area (Å²) in [6, 6.07) is 1.73. The maximum Gasteiger partial charge on any atom is 0.223 e.